The monoisotopic (exact) mass is 353 g/mol. The molecule has 1 amide bonds. The number of alkyl halides is 1. The van der Waals surface area contributed by atoms with E-state index in [1.54, 1.807) is 0 Å². The van der Waals surface area contributed by atoms with Gasteiger partial charge in [0.1, 0.15) is 6.33 Å². The molecule has 0 spiro atoms. The van der Waals surface area contributed by atoms with Crippen molar-refractivity contribution in [1.82, 2.24) is 25.0 Å². The van der Waals surface area contributed by atoms with Crippen molar-refractivity contribution in [2.24, 2.45) is 0 Å². The van der Waals surface area contributed by atoms with Crippen molar-refractivity contribution >= 4 is 5.91 Å². The third-order valence-corrected chi connectivity index (χ3v) is 4.38. The van der Waals surface area contributed by atoms with Gasteiger partial charge in [-0.1, -0.05) is 35.5 Å². The van der Waals surface area contributed by atoms with E-state index in [1.165, 1.54) is 23.6 Å². The highest BCUT2D eigenvalue weighted by molar-refractivity contribution is 5.93. The van der Waals surface area contributed by atoms with Crippen molar-refractivity contribution < 1.29 is 13.7 Å². The second-order valence-electron chi connectivity index (χ2n) is 6.21. The predicted octanol–water partition coefficient (Wildman–Crippen LogP) is 2.63. The molecule has 3 heterocycles. The van der Waals surface area contributed by atoms with E-state index >= 15 is 4.39 Å². The van der Waals surface area contributed by atoms with Crippen LogP contribution in [0.3, 0.4) is 0 Å². The fourth-order valence-corrected chi connectivity index (χ4v) is 3.06. The minimum Gasteiger partial charge on any atom is -0.335 e. The third kappa shape index (κ3) is 3.05. The highest BCUT2D eigenvalue weighted by atomic mass is 19.1. The molecule has 26 heavy (non-hydrogen) atoms. The molecule has 1 aliphatic heterocycles. The molecule has 4 rings (SSSR count). The Labute approximate surface area is 148 Å². The van der Waals surface area contributed by atoms with Gasteiger partial charge in [0.25, 0.3) is 11.8 Å². The highest BCUT2D eigenvalue weighted by Crippen LogP contribution is 2.36. The number of nitrogens with zero attached hydrogens (tertiary/aromatic N) is 5. The van der Waals surface area contributed by atoms with Gasteiger partial charge in [0.2, 0.25) is 11.5 Å². The van der Waals surface area contributed by atoms with E-state index in [1.807, 2.05) is 30.3 Å². The Morgan fingerprint density at radius 2 is 1.96 bits per heavy atom. The van der Waals surface area contributed by atoms with Gasteiger partial charge in [-0.3, -0.25) is 4.79 Å². The molecule has 132 valence electrons. The number of carbonyl (C=O) groups is 1. The second kappa shape index (κ2) is 6.62. The molecule has 1 aromatic carbocycles. The number of rotatable bonds is 3. The lowest BCUT2D eigenvalue weighted by Crippen LogP contribution is -2.46. The van der Waals surface area contributed by atoms with Crippen LogP contribution in [0, 0.1) is 0 Å². The third-order valence-electron chi connectivity index (χ3n) is 4.38. The maximum atomic E-state index is 15.5. The summed E-state index contributed by atoms with van der Waals surface area (Å²) in [5.41, 5.74) is -0.799. The maximum absolute atomic E-state index is 15.5. The van der Waals surface area contributed by atoms with Crippen molar-refractivity contribution in [3.8, 4) is 11.4 Å². The van der Waals surface area contributed by atoms with Crippen LogP contribution in [0.4, 0.5) is 4.39 Å². The van der Waals surface area contributed by atoms with Crippen LogP contribution >= 0.6 is 0 Å². The first-order chi connectivity index (χ1) is 12.7. The lowest BCUT2D eigenvalue weighted by Gasteiger charge is -2.35. The number of benzene rings is 1. The van der Waals surface area contributed by atoms with Crippen LogP contribution in [0.2, 0.25) is 0 Å². The summed E-state index contributed by atoms with van der Waals surface area (Å²) < 4.78 is 20.7. The molecule has 1 aliphatic rings. The van der Waals surface area contributed by atoms with Crippen LogP contribution in [0.25, 0.3) is 11.4 Å². The van der Waals surface area contributed by atoms with E-state index in [4.69, 9.17) is 4.52 Å². The quantitative estimate of drug-likeness (QED) is 0.720. The van der Waals surface area contributed by atoms with Gasteiger partial charge >= 0.3 is 0 Å². The summed E-state index contributed by atoms with van der Waals surface area (Å²) in [5, 5.41) is 3.89. The van der Waals surface area contributed by atoms with Crippen molar-refractivity contribution in [1.29, 1.82) is 0 Å². The second-order valence-corrected chi connectivity index (χ2v) is 6.21. The molecule has 3 aromatic rings. The zero-order valence-corrected chi connectivity index (χ0v) is 13.9. The normalized spacial score (nSPS) is 20.1. The van der Waals surface area contributed by atoms with Crippen LogP contribution in [-0.4, -0.2) is 44.0 Å². The van der Waals surface area contributed by atoms with Crippen LogP contribution < -0.4 is 0 Å². The summed E-state index contributed by atoms with van der Waals surface area (Å²) in [6, 6.07) is 9.22. The zero-order chi connectivity index (χ0) is 18.0. The Morgan fingerprint density at radius 3 is 2.73 bits per heavy atom. The van der Waals surface area contributed by atoms with Crippen LogP contribution in [0.1, 0.15) is 29.1 Å². The molecule has 2 aromatic heterocycles. The van der Waals surface area contributed by atoms with Gasteiger partial charge in [-0.2, -0.15) is 4.98 Å². The SMILES string of the molecule is O=C(c1cncnc1)N1CCCC(F)(c2nc(-c3ccccc3)no2)C1. The predicted molar refractivity (Wildman–Crippen MR) is 89.7 cm³/mol. The topological polar surface area (TPSA) is 85.0 Å². The molecular weight excluding hydrogens is 337 g/mol. The van der Waals surface area contributed by atoms with Crippen molar-refractivity contribution in [3.63, 3.8) is 0 Å². The Morgan fingerprint density at radius 1 is 1.19 bits per heavy atom. The average Bonchev–Trinajstić information content (AvgIpc) is 3.20. The van der Waals surface area contributed by atoms with E-state index in [0.29, 0.717) is 24.4 Å². The molecule has 0 radical (unpaired) electrons. The van der Waals surface area contributed by atoms with Crippen LogP contribution in [-0.2, 0) is 5.67 Å². The Hall–Kier alpha value is -3.16. The summed E-state index contributed by atoms with van der Waals surface area (Å²) in [6.07, 6.45) is 4.90. The number of hydrogen-bond donors (Lipinski definition) is 0. The molecule has 1 unspecified atom stereocenters. The average molecular weight is 353 g/mol. The summed E-state index contributed by atoms with van der Waals surface area (Å²) in [5.74, 6) is -0.0779. The van der Waals surface area contributed by atoms with E-state index in [2.05, 4.69) is 20.1 Å². The molecule has 1 atom stereocenters. The number of piperidine rings is 1. The fraction of sp³-hybridized carbons (Fsp3) is 0.278. The molecular formula is C18H16FN5O2. The molecule has 1 saturated heterocycles. The number of amides is 1. The molecule has 0 N–H and O–H groups in total. The fourth-order valence-electron chi connectivity index (χ4n) is 3.06. The highest BCUT2D eigenvalue weighted by Gasteiger charge is 2.44. The largest absolute Gasteiger partial charge is 0.335 e. The van der Waals surface area contributed by atoms with Gasteiger partial charge in [0, 0.05) is 24.5 Å². The first kappa shape index (κ1) is 16.3. The summed E-state index contributed by atoms with van der Waals surface area (Å²) in [7, 11) is 0. The Bertz CT molecular complexity index is 902. The first-order valence-corrected chi connectivity index (χ1v) is 8.28. The van der Waals surface area contributed by atoms with Crippen molar-refractivity contribution in [2.45, 2.75) is 18.5 Å². The van der Waals surface area contributed by atoms with E-state index in [0.717, 1.165) is 5.56 Å². The van der Waals surface area contributed by atoms with Gasteiger partial charge in [-0.15, -0.1) is 0 Å². The first-order valence-electron chi connectivity index (χ1n) is 8.28. The molecule has 8 heteroatoms. The number of likely N-dealkylation sites (tertiary alicyclic amines) is 1. The molecule has 1 fully saturated rings. The van der Waals surface area contributed by atoms with Gasteiger partial charge in [0.05, 0.1) is 12.1 Å². The standard InChI is InChI=1S/C18H16FN5O2/c19-18(17-22-15(23-26-17)13-5-2-1-3-6-13)7-4-8-24(11-18)16(25)14-9-20-12-21-10-14/h1-3,5-6,9-10,12H,4,7-8,11H2. The molecule has 0 bridgehead atoms. The summed E-state index contributed by atoms with van der Waals surface area (Å²) in [4.78, 5) is 25.9. The number of aromatic nitrogens is 4. The van der Waals surface area contributed by atoms with Crippen molar-refractivity contribution in [3.05, 3.63) is 60.5 Å². The van der Waals surface area contributed by atoms with E-state index in [-0.39, 0.29) is 24.8 Å². The Kier molecular flexibility index (Phi) is 4.16. The van der Waals surface area contributed by atoms with E-state index in [9.17, 15) is 4.79 Å². The van der Waals surface area contributed by atoms with Crippen LogP contribution in [0.15, 0.2) is 53.6 Å². The molecule has 0 saturated carbocycles. The smallest absolute Gasteiger partial charge is 0.266 e. The van der Waals surface area contributed by atoms with Crippen molar-refractivity contribution in [2.75, 3.05) is 13.1 Å². The molecule has 0 aliphatic carbocycles. The lowest BCUT2D eigenvalue weighted by molar-refractivity contribution is 0.0152. The minimum absolute atomic E-state index is 0.0989. The summed E-state index contributed by atoms with van der Waals surface area (Å²) >= 11 is 0. The lowest BCUT2D eigenvalue weighted by atomic mass is 9.94. The van der Waals surface area contributed by atoms with E-state index < -0.39 is 5.67 Å². The number of halogens is 1. The van der Waals surface area contributed by atoms with Gasteiger partial charge in [-0.05, 0) is 12.8 Å². The molecule has 7 nitrogen and oxygen atoms in total. The number of hydrogen-bond acceptors (Lipinski definition) is 6. The zero-order valence-electron chi connectivity index (χ0n) is 13.9. The summed E-state index contributed by atoms with van der Waals surface area (Å²) in [6.45, 7) is 0.316. The minimum atomic E-state index is -1.87. The van der Waals surface area contributed by atoms with Crippen LogP contribution in [0.5, 0.6) is 0 Å². The number of carbonyl (C=O) groups excluding carboxylic acids is 1. The van der Waals surface area contributed by atoms with Gasteiger partial charge in [-0.25, -0.2) is 14.4 Å². The van der Waals surface area contributed by atoms with Gasteiger partial charge < -0.3 is 9.42 Å². The maximum Gasteiger partial charge on any atom is 0.266 e. The van der Waals surface area contributed by atoms with Gasteiger partial charge in [0.15, 0.2) is 0 Å². The Balaban J connectivity index is 1.56.